The van der Waals surface area contributed by atoms with Gasteiger partial charge in [0.05, 0.1) is 5.02 Å². The van der Waals surface area contributed by atoms with E-state index in [2.05, 4.69) is 10.3 Å². The van der Waals surface area contributed by atoms with Crippen LogP contribution in [0.4, 0.5) is 10.1 Å². The maximum Gasteiger partial charge on any atom is 0.274 e. The summed E-state index contributed by atoms with van der Waals surface area (Å²) in [5.41, 5.74) is 0.502. The highest BCUT2D eigenvalue weighted by molar-refractivity contribution is 6.31. The summed E-state index contributed by atoms with van der Waals surface area (Å²) in [6, 6.07) is 8.37. The van der Waals surface area contributed by atoms with Gasteiger partial charge in [-0.05, 0) is 30.3 Å². The number of nitrogens with zero attached hydrogens (tertiary/aromatic N) is 3. The van der Waals surface area contributed by atoms with Crippen molar-refractivity contribution in [1.29, 1.82) is 0 Å². The first-order valence-corrected chi connectivity index (χ1v) is 8.58. The van der Waals surface area contributed by atoms with E-state index < -0.39 is 11.7 Å². The van der Waals surface area contributed by atoms with Crippen LogP contribution in [0.2, 0.25) is 5.02 Å². The molecule has 0 saturated carbocycles. The van der Waals surface area contributed by atoms with Crippen LogP contribution < -0.4 is 5.32 Å². The lowest BCUT2D eigenvalue weighted by Gasteiger charge is -2.32. The summed E-state index contributed by atoms with van der Waals surface area (Å²) in [5.74, 6) is -1.44. The number of anilines is 1. The lowest BCUT2D eigenvalue weighted by atomic mass is 10.2. The zero-order chi connectivity index (χ0) is 19.4. The van der Waals surface area contributed by atoms with Crippen molar-refractivity contribution >= 4 is 35.5 Å². The molecule has 2 heterocycles. The van der Waals surface area contributed by atoms with Crippen LogP contribution in [-0.4, -0.2) is 59.2 Å². The first-order chi connectivity index (χ1) is 13.0. The van der Waals surface area contributed by atoms with Gasteiger partial charge in [-0.3, -0.25) is 14.4 Å². The van der Waals surface area contributed by atoms with E-state index in [0.717, 1.165) is 12.5 Å². The summed E-state index contributed by atoms with van der Waals surface area (Å²) in [4.78, 5) is 43.0. The van der Waals surface area contributed by atoms with Crippen LogP contribution in [0.15, 0.2) is 36.4 Å². The maximum atomic E-state index is 13.2. The quantitative estimate of drug-likeness (QED) is 0.810. The molecule has 0 atom stereocenters. The number of hydrogen-bond donors (Lipinski definition) is 1. The minimum Gasteiger partial charge on any atom is -0.342 e. The highest BCUT2D eigenvalue weighted by Gasteiger charge is 2.23. The number of rotatable bonds is 4. The number of pyridine rings is 1. The molecule has 140 valence electrons. The SMILES string of the molecule is O=CN1CCN(C(=O)c2cccc(C(=O)Nc3ccc(F)c(Cl)c3)n2)CC1. The average molecular weight is 391 g/mol. The average Bonchev–Trinajstić information content (AvgIpc) is 2.70. The molecule has 2 aromatic rings. The van der Waals surface area contributed by atoms with E-state index in [1.807, 2.05) is 0 Å². The Morgan fingerprint density at radius 1 is 1.11 bits per heavy atom. The summed E-state index contributed by atoms with van der Waals surface area (Å²) in [6.07, 6.45) is 0.757. The zero-order valence-corrected chi connectivity index (χ0v) is 14.9. The Hall–Kier alpha value is -3.00. The number of carbonyl (C=O) groups is 3. The molecule has 0 unspecified atom stereocenters. The molecule has 1 fully saturated rings. The predicted molar refractivity (Wildman–Crippen MR) is 97.1 cm³/mol. The number of carbonyl (C=O) groups excluding carboxylic acids is 3. The van der Waals surface area contributed by atoms with Crippen LogP contribution in [0.1, 0.15) is 21.0 Å². The fraction of sp³-hybridized carbons (Fsp3) is 0.222. The largest absolute Gasteiger partial charge is 0.342 e. The monoisotopic (exact) mass is 390 g/mol. The van der Waals surface area contributed by atoms with Gasteiger partial charge in [-0.2, -0.15) is 0 Å². The third kappa shape index (κ3) is 4.40. The molecular weight excluding hydrogens is 375 g/mol. The lowest BCUT2D eigenvalue weighted by molar-refractivity contribution is -0.119. The van der Waals surface area contributed by atoms with Gasteiger partial charge in [0.15, 0.2) is 0 Å². The Kier molecular flexibility index (Phi) is 5.66. The molecule has 3 amide bonds. The van der Waals surface area contributed by atoms with Crippen molar-refractivity contribution < 1.29 is 18.8 Å². The molecule has 1 N–H and O–H groups in total. The second-order valence-corrected chi connectivity index (χ2v) is 6.33. The molecule has 1 saturated heterocycles. The van der Waals surface area contributed by atoms with Gasteiger partial charge in [0.25, 0.3) is 11.8 Å². The van der Waals surface area contributed by atoms with Gasteiger partial charge >= 0.3 is 0 Å². The molecule has 3 rings (SSSR count). The van der Waals surface area contributed by atoms with Gasteiger partial charge in [0, 0.05) is 31.9 Å². The molecule has 0 bridgehead atoms. The van der Waals surface area contributed by atoms with Crippen molar-refractivity contribution in [3.8, 4) is 0 Å². The highest BCUT2D eigenvalue weighted by Crippen LogP contribution is 2.20. The predicted octanol–water partition coefficient (Wildman–Crippen LogP) is 2.04. The van der Waals surface area contributed by atoms with Crippen molar-refractivity contribution in [3.63, 3.8) is 0 Å². The topological polar surface area (TPSA) is 82.6 Å². The van der Waals surface area contributed by atoms with Crippen molar-refractivity contribution in [3.05, 3.63) is 58.6 Å². The summed E-state index contributed by atoms with van der Waals surface area (Å²) in [7, 11) is 0. The Morgan fingerprint density at radius 3 is 2.48 bits per heavy atom. The summed E-state index contributed by atoms with van der Waals surface area (Å²) < 4.78 is 13.2. The third-order valence-corrected chi connectivity index (χ3v) is 4.42. The smallest absolute Gasteiger partial charge is 0.274 e. The van der Waals surface area contributed by atoms with Crippen molar-refractivity contribution in [1.82, 2.24) is 14.8 Å². The van der Waals surface area contributed by atoms with Crippen LogP contribution in [-0.2, 0) is 4.79 Å². The van der Waals surface area contributed by atoms with Crippen molar-refractivity contribution in [2.75, 3.05) is 31.5 Å². The Morgan fingerprint density at radius 2 is 1.81 bits per heavy atom. The van der Waals surface area contributed by atoms with Crippen molar-refractivity contribution in [2.24, 2.45) is 0 Å². The Bertz CT molecular complexity index is 885. The van der Waals surface area contributed by atoms with Gasteiger partial charge in [0.1, 0.15) is 17.2 Å². The number of piperazine rings is 1. The molecule has 0 spiro atoms. The van der Waals surface area contributed by atoms with Crippen LogP contribution in [0.25, 0.3) is 0 Å². The number of aromatic nitrogens is 1. The van der Waals surface area contributed by atoms with E-state index in [0.29, 0.717) is 31.9 Å². The highest BCUT2D eigenvalue weighted by atomic mass is 35.5. The third-order valence-electron chi connectivity index (χ3n) is 4.13. The first-order valence-electron chi connectivity index (χ1n) is 8.20. The molecule has 1 aliphatic heterocycles. The maximum absolute atomic E-state index is 13.2. The van der Waals surface area contributed by atoms with E-state index in [9.17, 15) is 18.8 Å². The van der Waals surface area contributed by atoms with Gasteiger partial charge in [-0.1, -0.05) is 17.7 Å². The van der Waals surface area contributed by atoms with E-state index in [-0.39, 0.29) is 22.3 Å². The van der Waals surface area contributed by atoms with Crippen molar-refractivity contribution in [2.45, 2.75) is 0 Å². The van der Waals surface area contributed by atoms with E-state index >= 15 is 0 Å². The Balaban J connectivity index is 1.71. The standard InChI is InChI=1S/C18H16ClFN4O3/c19-13-10-12(4-5-14(13)20)21-17(26)15-2-1-3-16(22-15)18(27)24-8-6-23(11-25)7-9-24/h1-5,10-11H,6-9H2,(H,21,26). The zero-order valence-electron chi connectivity index (χ0n) is 14.2. The van der Waals surface area contributed by atoms with Crippen LogP contribution in [0.5, 0.6) is 0 Å². The second kappa shape index (κ2) is 8.13. The minimum absolute atomic E-state index is 0.0489. The lowest BCUT2D eigenvalue weighted by Crippen LogP contribution is -2.48. The number of hydrogen-bond acceptors (Lipinski definition) is 4. The molecular formula is C18H16ClFN4O3. The number of amides is 3. The molecule has 0 radical (unpaired) electrons. The molecule has 1 aromatic heterocycles. The molecule has 9 heteroatoms. The summed E-state index contributed by atoms with van der Waals surface area (Å²) >= 11 is 5.70. The van der Waals surface area contributed by atoms with Crippen LogP contribution in [0.3, 0.4) is 0 Å². The van der Waals surface area contributed by atoms with Gasteiger partial charge in [0.2, 0.25) is 6.41 Å². The fourth-order valence-corrected chi connectivity index (χ4v) is 2.82. The fourth-order valence-electron chi connectivity index (χ4n) is 2.64. The molecule has 0 aliphatic carbocycles. The van der Waals surface area contributed by atoms with Gasteiger partial charge in [-0.25, -0.2) is 9.37 Å². The number of nitrogens with one attached hydrogen (secondary N) is 1. The summed E-state index contributed by atoms with van der Waals surface area (Å²) in [6.45, 7) is 1.73. The first kappa shape index (κ1) is 18.8. The number of benzene rings is 1. The molecule has 27 heavy (non-hydrogen) atoms. The summed E-state index contributed by atoms with van der Waals surface area (Å²) in [5, 5.41) is 2.45. The van der Waals surface area contributed by atoms with Gasteiger partial charge < -0.3 is 15.1 Å². The Labute approximate surface area is 159 Å². The van der Waals surface area contributed by atoms with E-state index in [4.69, 9.17) is 11.6 Å². The van der Waals surface area contributed by atoms with E-state index in [1.165, 1.54) is 24.3 Å². The number of halogens is 2. The molecule has 1 aromatic carbocycles. The molecule has 1 aliphatic rings. The van der Waals surface area contributed by atoms with Crippen LogP contribution in [0, 0.1) is 5.82 Å². The second-order valence-electron chi connectivity index (χ2n) is 5.92. The van der Waals surface area contributed by atoms with Gasteiger partial charge in [-0.15, -0.1) is 0 Å². The van der Waals surface area contributed by atoms with Crippen LogP contribution >= 0.6 is 11.6 Å². The van der Waals surface area contributed by atoms with E-state index in [1.54, 1.807) is 15.9 Å². The normalized spacial score (nSPS) is 14.0. The minimum atomic E-state index is -0.588. The molecule has 7 nitrogen and oxygen atoms in total.